The average molecular weight is 159 g/mol. The van der Waals surface area contributed by atoms with Crippen molar-refractivity contribution in [1.82, 2.24) is 9.97 Å². The van der Waals surface area contributed by atoms with Crippen LogP contribution >= 0.6 is 0 Å². The third kappa shape index (κ3) is 0.790. The molecule has 1 aliphatic rings. The third-order valence-electron chi connectivity index (χ3n) is 1.69. The van der Waals surface area contributed by atoms with E-state index in [4.69, 9.17) is 11.0 Å². The summed E-state index contributed by atoms with van der Waals surface area (Å²) < 4.78 is 0. The first-order valence-corrected chi connectivity index (χ1v) is 3.37. The molecule has 1 aromatic heterocycles. The van der Waals surface area contributed by atoms with Crippen molar-refractivity contribution in [1.29, 1.82) is 5.26 Å². The number of rotatable bonds is 0. The van der Waals surface area contributed by atoms with Crippen molar-refractivity contribution in [2.75, 3.05) is 0 Å². The zero-order chi connectivity index (χ0) is 8.55. The van der Waals surface area contributed by atoms with Crippen molar-refractivity contribution < 1.29 is 0 Å². The molecule has 1 aromatic rings. The van der Waals surface area contributed by atoms with Crippen molar-refractivity contribution in [3.63, 3.8) is 0 Å². The number of nitriles is 1. The topological polar surface area (TPSA) is 88.0 Å². The van der Waals surface area contributed by atoms with Gasteiger partial charge in [0.1, 0.15) is 18.1 Å². The van der Waals surface area contributed by atoms with Crippen LogP contribution in [0.15, 0.2) is 17.5 Å². The Hall–Kier alpha value is -1.80. The summed E-state index contributed by atoms with van der Waals surface area (Å²) in [7, 11) is 0. The molecule has 0 spiro atoms. The lowest BCUT2D eigenvalue weighted by molar-refractivity contribution is 0.967. The van der Waals surface area contributed by atoms with E-state index < -0.39 is 6.04 Å². The van der Waals surface area contributed by atoms with Crippen molar-refractivity contribution >= 4 is 11.5 Å². The number of hydrogen-bond acceptors (Lipinski definition) is 5. The van der Waals surface area contributed by atoms with Gasteiger partial charge in [0.25, 0.3) is 0 Å². The fraction of sp³-hybridized carbons (Fsp3) is 0.143. The van der Waals surface area contributed by atoms with Crippen LogP contribution in [-0.4, -0.2) is 15.7 Å². The number of nitrogens with zero attached hydrogens (tertiary/aromatic N) is 4. The Labute approximate surface area is 68.6 Å². The zero-order valence-electron chi connectivity index (χ0n) is 6.10. The van der Waals surface area contributed by atoms with Gasteiger partial charge in [0, 0.05) is 11.8 Å². The maximum atomic E-state index is 8.60. The van der Waals surface area contributed by atoms with Gasteiger partial charge in [0.15, 0.2) is 5.82 Å². The molecule has 1 unspecified atom stereocenters. The third-order valence-corrected chi connectivity index (χ3v) is 1.69. The molecule has 1 atom stereocenters. The quantitative estimate of drug-likeness (QED) is 0.580. The van der Waals surface area contributed by atoms with Crippen LogP contribution < -0.4 is 5.73 Å². The van der Waals surface area contributed by atoms with Crippen molar-refractivity contribution in [2.45, 2.75) is 6.04 Å². The fourth-order valence-electron chi connectivity index (χ4n) is 1.07. The summed E-state index contributed by atoms with van der Waals surface area (Å²) in [6, 6.07) is 1.47. The summed E-state index contributed by atoms with van der Waals surface area (Å²) >= 11 is 0. The molecule has 12 heavy (non-hydrogen) atoms. The first-order valence-electron chi connectivity index (χ1n) is 3.37. The summed E-state index contributed by atoms with van der Waals surface area (Å²) in [5.74, 6) is 0.508. The molecule has 5 heteroatoms. The molecule has 5 nitrogen and oxygen atoms in total. The smallest absolute Gasteiger partial charge is 0.161 e. The molecule has 2 N–H and O–H groups in total. The molecule has 0 bridgehead atoms. The molecule has 0 fully saturated rings. The maximum Gasteiger partial charge on any atom is 0.161 e. The SMILES string of the molecule is N#CC1=Nc2ncncc2C1N. The van der Waals surface area contributed by atoms with Crippen molar-refractivity contribution in [3.05, 3.63) is 18.1 Å². The van der Waals surface area contributed by atoms with Gasteiger partial charge in [-0.3, -0.25) is 0 Å². The van der Waals surface area contributed by atoms with Gasteiger partial charge in [-0.1, -0.05) is 0 Å². The van der Waals surface area contributed by atoms with Gasteiger partial charge in [0.05, 0.1) is 6.04 Å². The Bertz CT molecular complexity index is 389. The summed E-state index contributed by atoms with van der Waals surface area (Å²) in [5.41, 5.74) is 6.68. The Morgan fingerprint density at radius 1 is 1.58 bits per heavy atom. The molecular weight excluding hydrogens is 154 g/mol. The lowest BCUT2D eigenvalue weighted by Crippen LogP contribution is -2.16. The number of fused-ring (bicyclic) bond motifs is 1. The van der Waals surface area contributed by atoms with Gasteiger partial charge >= 0.3 is 0 Å². The van der Waals surface area contributed by atoms with E-state index in [2.05, 4.69) is 15.0 Å². The summed E-state index contributed by atoms with van der Waals surface area (Å²) in [5, 5.41) is 8.60. The lowest BCUT2D eigenvalue weighted by atomic mass is 10.1. The van der Waals surface area contributed by atoms with Crippen LogP contribution in [0.25, 0.3) is 0 Å². The van der Waals surface area contributed by atoms with Gasteiger partial charge in [-0.05, 0) is 0 Å². The van der Waals surface area contributed by atoms with Gasteiger partial charge < -0.3 is 5.73 Å². The van der Waals surface area contributed by atoms with Crippen molar-refractivity contribution in [2.24, 2.45) is 10.7 Å². The highest BCUT2D eigenvalue weighted by Gasteiger charge is 2.24. The Balaban J connectivity index is 2.56. The molecule has 1 aliphatic heterocycles. The average Bonchev–Trinajstić information content (AvgIpc) is 2.44. The van der Waals surface area contributed by atoms with E-state index in [0.29, 0.717) is 17.1 Å². The van der Waals surface area contributed by atoms with E-state index in [-0.39, 0.29) is 0 Å². The van der Waals surface area contributed by atoms with Gasteiger partial charge in [-0.25, -0.2) is 15.0 Å². The minimum absolute atomic E-state index is 0.297. The summed E-state index contributed by atoms with van der Waals surface area (Å²) in [6.07, 6.45) is 2.97. The number of aromatic nitrogens is 2. The molecule has 0 aromatic carbocycles. The summed E-state index contributed by atoms with van der Waals surface area (Å²) in [6.45, 7) is 0. The van der Waals surface area contributed by atoms with E-state index in [9.17, 15) is 0 Å². The molecule has 0 aliphatic carbocycles. The van der Waals surface area contributed by atoms with Gasteiger partial charge in [0.2, 0.25) is 0 Å². The molecule has 0 saturated heterocycles. The molecule has 58 valence electrons. The van der Waals surface area contributed by atoms with Crippen LogP contribution in [-0.2, 0) is 0 Å². The van der Waals surface area contributed by atoms with E-state index in [1.54, 1.807) is 6.20 Å². The molecule has 2 heterocycles. The first-order chi connectivity index (χ1) is 5.83. The molecule has 2 rings (SSSR count). The minimum atomic E-state index is -0.453. The van der Waals surface area contributed by atoms with E-state index in [0.717, 1.165) is 0 Å². The Kier molecular flexibility index (Phi) is 1.35. The predicted molar refractivity (Wildman–Crippen MR) is 41.7 cm³/mol. The molecule has 0 amide bonds. The van der Waals surface area contributed by atoms with Crippen LogP contribution in [0.3, 0.4) is 0 Å². The molecule has 0 saturated carbocycles. The maximum absolute atomic E-state index is 8.60. The minimum Gasteiger partial charge on any atom is -0.318 e. The normalized spacial score (nSPS) is 19.7. The molecular formula is C7H5N5. The highest BCUT2D eigenvalue weighted by molar-refractivity contribution is 6.07. The van der Waals surface area contributed by atoms with E-state index >= 15 is 0 Å². The number of aliphatic imine (C=N–C) groups is 1. The molecule has 0 radical (unpaired) electrons. The van der Waals surface area contributed by atoms with Crippen LogP contribution in [0.2, 0.25) is 0 Å². The van der Waals surface area contributed by atoms with Crippen LogP contribution in [0.4, 0.5) is 5.82 Å². The van der Waals surface area contributed by atoms with E-state index in [1.807, 2.05) is 6.07 Å². The Morgan fingerprint density at radius 2 is 2.42 bits per heavy atom. The monoisotopic (exact) mass is 159 g/mol. The standard InChI is InChI=1S/C7H5N5/c8-1-5-6(9)4-2-10-3-11-7(4)12-5/h2-3,6H,9H2. The number of nitrogens with two attached hydrogens (primary N) is 1. The van der Waals surface area contributed by atoms with E-state index in [1.165, 1.54) is 6.33 Å². The second kappa shape index (κ2) is 2.36. The second-order valence-electron chi connectivity index (χ2n) is 2.39. The summed E-state index contributed by atoms with van der Waals surface area (Å²) in [4.78, 5) is 11.6. The number of hydrogen-bond donors (Lipinski definition) is 1. The largest absolute Gasteiger partial charge is 0.318 e. The van der Waals surface area contributed by atoms with Crippen LogP contribution in [0, 0.1) is 11.3 Å². The predicted octanol–water partition coefficient (Wildman–Crippen LogP) is 0.0861. The zero-order valence-corrected chi connectivity index (χ0v) is 6.10. The van der Waals surface area contributed by atoms with Gasteiger partial charge in [-0.15, -0.1) is 0 Å². The Morgan fingerprint density at radius 3 is 3.08 bits per heavy atom. The highest BCUT2D eigenvalue weighted by atomic mass is 15.0. The highest BCUT2D eigenvalue weighted by Crippen LogP contribution is 2.28. The lowest BCUT2D eigenvalue weighted by Gasteiger charge is -1.99. The van der Waals surface area contributed by atoms with Gasteiger partial charge in [-0.2, -0.15) is 5.26 Å². The van der Waals surface area contributed by atoms with Crippen LogP contribution in [0.5, 0.6) is 0 Å². The second-order valence-corrected chi connectivity index (χ2v) is 2.39. The fourth-order valence-corrected chi connectivity index (χ4v) is 1.07. The van der Waals surface area contributed by atoms with Crippen molar-refractivity contribution in [3.8, 4) is 6.07 Å². The first kappa shape index (κ1) is 6.88. The van der Waals surface area contributed by atoms with Crippen LogP contribution in [0.1, 0.15) is 11.6 Å².